The first-order valence-corrected chi connectivity index (χ1v) is 5.92. The van der Waals surface area contributed by atoms with E-state index in [9.17, 15) is 18.4 Å². The Bertz CT molecular complexity index is 451. The third kappa shape index (κ3) is 4.82. The zero-order chi connectivity index (χ0) is 14.4. The summed E-state index contributed by atoms with van der Waals surface area (Å²) in [6, 6.07) is 4.74. The lowest BCUT2D eigenvalue weighted by atomic mass is 10.0. The average Bonchev–Trinajstić information content (AvgIpc) is 2.39. The van der Waals surface area contributed by atoms with Crippen molar-refractivity contribution >= 4 is 23.3 Å². The van der Waals surface area contributed by atoms with Gasteiger partial charge in [-0.05, 0) is 24.1 Å². The van der Waals surface area contributed by atoms with E-state index in [0.29, 0.717) is 5.56 Å². The van der Waals surface area contributed by atoms with Crippen LogP contribution < -0.4 is 5.32 Å². The average molecular weight is 292 g/mol. The highest BCUT2D eigenvalue weighted by atomic mass is 35.5. The number of benzene rings is 1. The van der Waals surface area contributed by atoms with Gasteiger partial charge in [0.25, 0.3) is 5.91 Å². The molecule has 0 bridgehead atoms. The second kappa shape index (κ2) is 7.04. The van der Waals surface area contributed by atoms with Crippen LogP contribution in [0.2, 0.25) is 0 Å². The van der Waals surface area contributed by atoms with Gasteiger partial charge in [0.15, 0.2) is 5.78 Å². The topological polar surface area (TPSA) is 66.4 Å². The first-order valence-electron chi connectivity index (χ1n) is 5.39. The Kier molecular flexibility index (Phi) is 5.69. The molecule has 1 aromatic rings. The Balaban J connectivity index is 2.77. The molecule has 19 heavy (non-hydrogen) atoms. The molecule has 0 spiro atoms. The fourth-order valence-corrected chi connectivity index (χ4v) is 1.63. The van der Waals surface area contributed by atoms with Crippen molar-refractivity contribution in [3.05, 3.63) is 29.8 Å². The van der Waals surface area contributed by atoms with E-state index in [0.717, 1.165) is 0 Å². The highest BCUT2D eigenvalue weighted by Crippen LogP contribution is 2.12. The minimum Gasteiger partial charge on any atom is -0.508 e. The highest BCUT2D eigenvalue weighted by molar-refractivity contribution is 6.28. The summed E-state index contributed by atoms with van der Waals surface area (Å²) in [6.45, 7) is 0. The number of Topliss-reactive ketones (excluding diaryl/α,β-unsaturated/α-hetero) is 1. The summed E-state index contributed by atoms with van der Waals surface area (Å²) in [6.07, 6.45) is -3.16. The molecular weight excluding hydrogens is 280 g/mol. The Hall–Kier alpha value is -1.69. The van der Waals surface area contributed by atoms with Crippen molar-refractivity contribution in [2.45, 2.75) is 18.9 Å². The zero-order valence-corrected chi connectivity index (χ0v) is 10.5. The third-order valence-corrected chi connectivity index (χ3v) is 2.67. The van der Waals surface area contributed by atoms with Gasteiger partial charge < -0.3 is 10.4 Å². The van der Waals surface area contributed by atoms with Crippen LogP contribution in [0.3, 0.4) is 0 Å². The van der Waals surface area contributed by atoms with Crippen LogP contribution in [-0.4, -0.2) is 35.1 Å². The molecule has 0 aliphatic rings. The molecule has 7 heteroatoms. The lowest BCUT2D eigenvalue weighted by Gasteiger charge is -2.16. The maximum absolute atomic E-state index is 12.2. The highest BCUT2D eigenvalue weighted by Gasteiger charge is 2.24. The Morgan fingerprint density at radius 1 is 1.26 bits per heavy atom. The SMILES string of the molecule is O=C(NC(Cc1ccc(O)cc1)C(=O)CCl)C(F)F. The molecule has 0 saturated carbocycles. The van der Waals surface area contributed by atoms with Crippen LogP contribution in [0.15, 0.2) is 24.3 Å². The van der Waals surface area contributed by atoms with Crippen LogP contribution in [0.4, 0.5) is 8.78 Å². The van der Waals surface area contributed by atoms with Crippen molar-refractivity contribution < 1.29 is 23.5 Å². The lowest BCUT2D eigenvalue weighted by molar-refractivity contribution is -0.134. The number of nitrogens with one attached hydrogen (secondary N) is 1. The standard InChI is InChI=1S/C12H12ClF2NO3/c13-6-10(18)9(16-12(19)11(14)15)5-7-1-3-8(17)4-2-7/h1-4,9,11,17H,5-6H2,(H,16,19). The van der Waals surface area contributed by atoms with Crippen molar-refractivity contribution in [2.75, 3.05) is 5.88 Å². The van der Waals surface area contributed by atoms with Gasteiger partial charge in [-0.2, -0.15) is 8.78 Å². The van der Waals surface area contributed by atoms with Gasteiger partial charge in [0.2, 0.25) is 0 Å². The van der Waals surface area contributed by atoms with Gasteiger partial charge in [0.1, 0.15) is 5.75 Å². The number of phenolic OH excluding ortho intramolecular Hbond substituents is 1. The van der Waals surface area contributed by atoms with Crippen LogP contribution >= 0.6 is 11.6 Å². The number of ketones is 1. The van der Waals surface area contributed by atoms with E-state index in [1.807, 2.05) is 5.32 Å². The van der Waals surface area contributed by atoms with E-state index in [2.05, 4.69) is 0 Å². The molecule has 4 nitrogen and oxygen atoms in total. The first kappa shape index (κ1) is 15.4. The normalized spacial score (nSPS) is 12.2. The second-order valence-electron chi connectivity index (χ2n) is 3.83. The molecule has 1 amide bonds. The van der Waals surface area contributed by atoms with E-state index in [1.54, 1.807) is 0 Å². The van der Waals surface area contributed by atoms with Gasteiger partial charge in [-0.1, -0.05) is 12.1 Å². The molecule has 0 heterocycles. The van der Waals surface area contributed by atoms with Crippen LogP contribution in [0.25, 0.3) is 0 Å². The Morgan fingerprint density at radius 3 is 2.32 bits per heavy atom. The predicted molar refractivity (Wildman–Crippen MR) is 65.5 cm³/mol. The van der Waals surface area contributed by atoms with E-state index < -0.39 is 24.2 Å². The minimum atomic E-state index is -3.19. The molecular formula is C12H12ClF2NO3. The maximum Gasteiger partial charge on any atom is 0.315 e. The van der Waals surface area contributed by atoms with Crippen molar-refractivity contribution in [1.82, 2.24) is 5.32 Å². The van der Waals surface area contributed by atoms with Crippen LogP contribution in [0.1, 0.15) is 5.56 Å². The number of amides is 1. The summed E-state index contributed by atoms with van der Waals surface area (Å²) in [4.78, 5) is 22.4. The number of alkyl halides is 3. The second-order valence-corrected chi connectivity index (χ2v) is 4.10. The van der Waals surface area contributed by atoms with Gasteiger partial charge in [-0.25, -0.2) is 0 Å². The zero-order valence-electron chi connectivity index (χ0n) is 9.78. The molecule has 0 radical (unpaired) electrons. The number of rotatable bonds is 6. The number of halogens is 3. The molecule has 0 aliphatic heterocycles. The first-order chi connectivity index (χ1) is 8.93. The van der Waals surface area contributed by atoms with Crippen molar-refractivity contribution in [3.8, 4) is 5.75 Å². The smallest absolute Gasteiger partial charge is 0.315 e. The molecule has 1 aromatic carbocycles. The van der Waals surface area contributed by atoms with Gasteiger partial charge in [0.05, 0.1) is 11.9 Å². The third-order valence-electron chi connectivity index (χ3n) is 2.41. The molecule has 0 fully saturated rings. The summed E-state index contributed by atoms with van der Waals surface area (Å²) < 4.78 is 24.3. The Labute approximate surface area is 113 Å². The van der Waals surface area contributed by atoms with Gasteiger partial charge in [-0.15, -0.1) is 11.6 Å². The number of phenols is 1. The maximum atomic E-state index is 12.2. The van der Waals surface area contributed by atoms with Gasteiger partial charge in [0, 0.05) is 0 Å². The van der Waals surface area contributed by atoms with E-state index in [4.69, 9.17) is 16.7 Å². The molecule has 0 saturated heterocycles. The quantitative estimate of drug-likeness (QED) is 0.781. The van der Waals surface area contributed by atoms with Crippen LogP contribution in [-0.2, 0) is 16.0 Å². The molecule has 1 rings (SSSR count). The number of aromatic hydroxyl groups is 1. The monoisotopic (exact) mass is 291 g/mol. The summed E-state index contributed by atoms with van der Waals surface area (Å²) in [7, 11) is 0. The summed E-state index contributed by atoms with van der Waals surface area (Å²) >= 11 is 5.37. The molecule has 104 valence electrons. The van der Waals surface area contributed by atoms with E-state index in [1.165, 1.54) is 24.3 Å². The van der Waals surface area contributed by atoms with E-state index in [-0.39, 0.29) is 18.1 Å². The lowest BCUT2D eigenvalue weighted by Crippen LogP contribution is -2.45. The Morgan fingerprint density at radius 2 is 1.84 bits per heavy atom. The van der Waals surface area contributed by atoms with Crippen LogP contribution in [0, 0.1) is 0 Å². The van der Waals surface area contributed by atoms with E-state index >= 15 is 0 Å². The molecule has 0 aromatic heterocycles. The fraction of sp³-hybridized carbons (Fsp3) is 0.333. The summed E-state index contributed by atoms with van der Waals surface area (Å²) in [5.74, 6) is -2.40. The largest absolute Gasteiger partial charge is 0.508 e. The molecule has 0 aliphatic carbocycles. The van der Waals surface area contributed by atoms with Crippen molar-refractivity contribution in [3.63, 3.8) is 0 Å². The van der Waals surface area contributed by atoms with Gasteiger partial charge >= 0.3 is 6.43 Å². The predicted octanol–water partition coefficient (Wildman–Crippen LogP) is 1.49. The van der Waals surface area contributed by atoms with Crippen LogP contribution in [0.5, 0.6) is 5.75 Å². The molecule has 1 atom stereocenters. The summed E-state index contributed by atoms with van der Waals surface area (Å²) in [5.41, 5.74) is 0.607. The number of carbonyl (C=O) groups is 2. The van der Waals surface area contributed by atoms with Crippen molar-refractivity contribution in [2.24, 2.45) is 0 Å². The summed E-state index contributed by atoms with van der Waals surface area (Å²) in [5, 5.41) is 11.1. The molecule has 1 unspecified atom stereocenters. The van der Waals surface area contributed by atoms with Gasteiger partial charge in [-0.3, -0.25) is 9.59 Å². The number of carbonyl (C=O) groups excluding carboxylic acids is 2. The van der Waals surface area contributed by atoms with Crippen molar-refractivity contribution in [1.29, 1.82) is 0 Å². The minimum absolute atomic E-state index is 0.0320. The molecule has 2 N–H and O–H groups in total. The number of hydrogen-bond donors (Lipinski definition) is 2. The fourth-order valence-electron chi connectivity index (χ4n) is 1.44. The number of hydrogen-bond acceptors (Lipinski definition) is 3.